The zero-order valence-electron chi connectivity index (χ0n) is 12.4. The van der Waals surface area contributed by atoms with E-state index < -0.39 is 0 Å². The van der Waals surface area contributed by atoms with Gasteiger partial charge in [-0.05, 0) is 56.0 Å². The predicted molar refractivity (Wildman–Crippen MR) is 76.8 cm³/mol. The minimum atomic E-state index is 0.319. The molecular weight excluding hydrogens is 236 g/mol. The van der Waals surface area contributed by atoms with Gasteiger partial charge in [0.25, 0.3) is 0 Å². The van der Waals surface area contributed by atoms with E-state index in [1.165, 1.54) is 32.1 Å². The van der Waals surface area contributed by atoms with Crippen LogP contribution in [-0.4, -0.2) is 25.0 Å². The van der Waals surface area contributed by atoms with Gasteiger partial charge in [-0.25, -0.2) is 0 Å². The van der Waals surface area contributed by atoms with Gasteiger partial charge < -0.3 is 10.6 Å². The van der Waals surface area contributed by atoms with Crippen LogP contribution < -0.4 is 10.6 Å². The van der Waals surface area contributed by atoms with Gasteiger partial charge in [0.15, 0.2) is 0 Å². The smallest absolute Gasteiger partial charge is 0.223 e. The first kappa shape index (κ1) is 13.4. The third-order valence-corrected chi connectivity index (χ3v) is 6.14. The van der Waals surface area contributed by atoms with Crippen LogP contribution in [0.2, 0.25) is 0 Å². The van der Waals surface area contributed by atoms with Crippen LogP contribution in [0, 0.1) is 23.2 Å². The number of hydrogen-bond acceptors (Lipinski definition) is 2. The predicted octanol–water partition coefficient (Wildman–Crippen LogP) is 2.32. The van der Waals surface area contributed by atoms with E-state index in [0.29, 0.717) is 29.2 Å². The maximum absolute atomic E-state index is 12.5. The molecule has 2 N–H and O–H groups in total. The SMILES string of the molecule is CC1CCCC(NC(=O)C2CC23CCNCC3)C1C. The van der Waals surface area contributed by atoms with E-state index in [4.69, 9.17) is 0 Å². The summed E-state index contributed by atoms with van der Waals surface area (Å²) in [4.78, 5) is 12.5. The number of hydrogen-bond donors (Lipinski definition) is 2. The van der Waals surface area contributed by atoms with E-state index in [9.17, 15) is 4.79 Å². The molecule has 0 aromatic rings. The van der Waals surface area contributed by atoms with E-state index >= 15 is 0 Å². The van der Waals surface area contributed by atoms with E-state index in [-0.39, 0.29) is 0 Å². The summed E-state index contributed by atoms with van der Waals surface area (Å²) in [5.41, 5.74) is 0.374. The Kier molecular flexibility index (Phi) is 3.59. The molecule has 3 rings (SSSR count). The van der Waals surface area contributed by atoms with Crippen LogP contribution in [0.25, 0.3) is 0 Å². The van der Waals surface area contributed by atoms with Gasteiger partial charge in [-0.1, -0.05) is 26.7 Å². The average Bonchev–Trinajstić information content (AvgIpc) is 3.09. The fourth-order valence-corrected chi connectivity index (χ4v) is 4.26. The number of rotatable bonds is 2. The van der Waals surface area contributed by atoms with Crippen molar-refractivity contribution < 1.29 is 4.79 Å². The molecule has 4 unspecified atom stereocenters. The van der Waals surface area contributed by atoms with Crippen molar-refractivity contribution in [2.75, 3.05) is 13.1 Å². The summed E-state index contributed by atoms with van der Waals surface area (Å²) in [6.45, 7) is 6.83. The van der Waals surface area contributed by atoms with Gasteiger partial charge in [-0.15, -0.1) is 0 Å². The molecule has 3 heteroatoms. The number of amides is 1. The molecule has 0 aromatic heterocycles. The highest BCUT2D eigenvalue weighted by Gasteiger charge is 2.57. The Morgan fingerprint density at radius 2 is 1.95 bits per heavy atom. The van der Waals surface area contributed by atoms with Gasteiger partial charge in [0, 0.05) is 12.0 Å². The fraction of sp³-hybridized carbons (Fsp3) is 0.938. The number of carbonyl (C=O) groups is 1. The normalized spacial score (nSPS) is 40.9. The topological polar surface area (TPSA) is 41.1 Å². The first-order valence-corrected chi connectivity index (χ1v) is 8.13. The van der Waals surface area contributed by atoms with Crippen LogP contribution in [0.5, 0.6) is 0 Å². The number of piperidine rings is 1. The van der Waals surface area contributed by atoms with Crippen molar-refractivity contribution in [2.45, 2.75) is 58.4 Å². The molecule has 1 aliphatic heterocycles. The van der Waals surface area contributed by atoms with Crippen molar-refractivity contribution in [3.63, 3.8) is 0 Å². The first-order chi connectivity index (χ1) is 9.12. The molecule has 108 valence electrons. The Labute approximate surface area is 116 Å². The van der Waals surface area contributed by atoms with Crippen molar-refractivity contribution in [1.82, 2.24) is 10.6 Å². The molecule has 1 heterocycles. The van der Waals surface area contributed by atoms with Gasteiger partial charge in [-0.2, -0.15) is 0 Å². The van der Waals surface area contributed by atoms with Crippen LogP contribution in [0.4, 0.5) is 0 Å². The minimum Gasteiger partial charge on any atom is -0.353 e. The summed E-state index contributed by atoms with van der Waals surface area (Å²) >= 11 is 0. The summed E-state index contributed by atoms with van der Waals surface area (Å²) in [5, 5.41) is 6.78. The lowest BCUT2D eigenvalue weighted by Crippen LogP contribution is -2.45. The van der Waals surface area contributed by atoms with Gasteiger partial charge in [0.05, 0.1) is 0 Å². The highest BCUT2D eigenvalue weighted by Crippen LogP contribution is 2.58. The largest absolute Gasteiger partial charge is 0.353 e. The van der Waals surface area contributed by atoms with E-state index in [1.807, 2.05) is 0 Å². The summed E-state index contributed by atoms with van der Waals surface area (Å²) in [6, 6.07) is 0.426. The summed E-state index contributed by atoms with van der Waals surface area (Å²) in [7, 11) is 0. The third kappa shape index (κ3) is 2.54. The van der Waals surface area contributed by atoms with Crippen molar-refractivity contribution in [1.29, 1.82) is 0 Å². The zero-order chi connectivity index (χ0) is 13.5. The monoisotopic (exact) mass is 264 g/mol. The van der Waals surface area contributed by atoms with E-state index in [1.54, 1.807) is 0 Å². The third-order valence-electron chi connectivity index (χ3n) is 6.14. The second-order valence-electron chi connectivity index (χ2n) is 7.25. The zero-order valence-corrected chi connectivity index (χ0v) is 12.4. The van der Waals surface area contributed by atoms with Gasteiger partial charge >= 0.3 is 0 Å². The van der Waals surface area contributed by atoms with Crippen LogP contribution in [0.3, 0.4) is 0 Å². The molecule has 2 aliphatic carbocycles. The van der Waals surface area contributed by atoms with Crippen LogP contribution in [0.15, 0.2) is 0 Å². The van der Waals surface area contributed by atoms with Crippen molar-refractivity contribution in [3.8, 4) is 0 Å². The molecule has 1 saturated heterocycles. The van der Waals surface area contributed by atoms with Crippen molar-refractivity contribution in [3.05, 3.63) is 0 Å². The maximum Gasteiger partial charge on any atom is 0.223 e. The molecule has 4 atom stereocenters. The molecule has 3 aliphatic rings. The Morgan fingerprint density at radius 3 is 2.68 bits per heavy atom. The van der Waals surface area contributed by atoms with E-state index in [0.717, 1.165) is 25.4 Å². The first-order valence-electron chi connectivity index (χ1n) is 8.13. The summed E-state index contributed by atoms with van der Waals surface area (Å²) in [5.74, 6) is 2.07. The van der Waals surface area contributed by atoms with Gasteiger partial charge in [0.2, 0.25) is 5.91 Å². The molecule has 0 bridgehead atoms. The molecule has 1 spiro atoms. The van der Waals surface area contributed by atoms with Crippen LogP contribution in [0.1, 0.15) is 52.4 Å². The molecule has 19 heavy (non-hydrogen) atoms. The average molecular weight is 264 g/mol. The lowest BCUT2D eigenvalue weighted by molar-refractivity contribution is -0.124. The fourth-order valence-electron chi connectivity index (χ4n) is 4.26. The molecule has 1 amide bonds. The summed E-state index contributed by atoms with van der Waals surface area (Å²) < 4.78 is 0. The van der Waals surface area contributed by atoms with Gasteiger partial charge in [0.1, 0.15) is 0 Å². The summed E-state index contributed by atoms with van der Waals surface area (Å²) in [6.07, 6.45) is 7.31. The van der Waals surface area contributed by atoms with Gasteiger partial charge in [-0.3, -0.25) is 4.79 Å². The lowest BCUT2D eigenvalue weighted by Gasteiger charge is -2.35. The second kappa shape index (κ2) is 5.08. The highest BCUT2D eigenvalue weighted by atomic mass is 16.2. The Hall–Kier alpha value is -0.570. The molecule has 0 radical (unpaired) electrons. The molecular formula is C16H28N2O. The maximum atomic E-state index is 12.5. The van der Waals surface area contributed by atoms with E-state index in [2.05, 4.69) is 24.5 Å². The quantitative estimate of drug-likeness (QED) is 0.803. The second-order valence-corrected chi connectivity index (χ2v) is 7.25. The standard InChI is InChI=1S/C16H28N2O/c1-11-4-3-5-14(12(11)2)18-15(19)13-10-16(13)6-8-17-9-7-16/h11-14,17H,3-10H2,1-2H3,(H,18,19). The minimum absolute atomic E-state index is 0.319. The number of carbonyl (C=O) groups excluding carboxylic acids is 1. The van der Waals surface area contributed by atoms with Crippen LogP contribution >= 0.6 is 0 Å². The molecule has 0 aromatic carbocycles. The molecule has 2 saturated carbocycles. The molecule has 3 fully saturated rings. The highest BCUT2D eigenvalue weighted by molar-refractivity contribution is 5.83. The molecule has 3 nitrogen and oxygen atoms in total. The Morgan fingerprint density at radius 1 is 1.21 bits per heavy atom. The van der Waals surface area contributed by atoms with Crippen LogP contribution in [-0.2, 0) is 4.79 Å². The number of nitrogens with one attached hydrogen (secondary N) is 2. The van der Waals surface area contributed by atoms with Crippen molar-refractivity contribution >= 4 is 5.91 Å². The van der Waals surface area contributed by atoms with Crippen molar-refractivity contribution in [2.24, 2.45) is 23.2 Å². The Bertz CT molecular complexity index is 349. The lowest BCUT2D eigenvalue weighted by atomic mass is 9.78. The Balaban J connectivity index is 1.54.